The molecule has 2 aromatic rings. The predicted molar refractivity (Wildman–Crippen MR) is 81.5 cm³/mol. The maximum Gasteiger partial charge on any atom is 0.232 e. The molecule has 2 rings (SSSR count). The van der Waals surface area contributed by atoms with Gasteiger partial charge in [0.1, 0.15) is 5.41 Å². The lowest BCUT2D eigenvalue weighted by Crippen LogP contribution is -2.42. The van der Waals surface area contributed by atoms with Crippen LogP contribution in [0.4, 0.5) is 0 Å². The van der Waals surface area contributed by atoms with Gasteiger partial charge < -0.3 is 11.5 Å². The van der Waals surface area contributed by atoms with Gasteiger partial charge in [-0.1, -0.05) is 12.1 Å². The number of amides is 2. The molecule has 0 saturated carbocycles. The first-order valence-corrected chi connectivity index (χ1v) is 6.96. The Morgan fingerprint density at radius 2 is 1.55 bits per heavy atom. The van der Waals surface area contributed by atoms with E-state index in [0.717, 1.165) is 0 Å². The fraction of sp³-hybridized carbons (Fsp3) is 0.250. The van der Waals surface area contributed by atoms with Gasteiger partial charge >= 0.3 is 0 Å². The summed E-state index contributed by atoms with van der Waals surface area (Å²) >= 11 is 0. The molecule has 22 heavy (non-hydrogen) atoms. The van der Waals surface area contributed by atoms with Crippen molar-refractivity contribution < 1.29 is 9.59 Å². The Morgan fingerprint density at radius 3 is 1.91 bits per heavy atom. The van der Waals surface area contributed by atoms with Gasteiger partial charge in [0.05, 0.1) is 0 Å². The third-order valence-electron chi connectivity index (χ3n) is 3.70. The Bertz CT molecular complexity index is 604. The highest BCUT2D eigenvalue weighted by molar-refractivity contribution is 5.90. The number of hydrogen-bond acceptors (Lipinski definition) is 4. The number of hydrogen-bond donors (Lipinski definition) is 2. The first kappa shape index (κ1) is 15.6. The van der Waals surface area contributed by atoms with Crippen molar-refractivity contribution in [2.24, 2.45) is 11.5 Å². The summed E-state index contributed by atoms with van der Waals surface area (Å²) in [5, 5.41) is 0. The number of nitrogens with zero attached hydrogens (tertiary/aromatic N) is 2. The van der Waals surface area contributed by atoms with Crippen LogP contribution in [0.5, 0.6) is 0 Å². The van der Waals surface area contributed by atoms with Crippen LogP contribution < -0.4 is 11.5 Å². The number of aromatic nitrogens is 2. The van der Waals surface area contributed by atoms with Gasteiger partial charge in [-0.3, -0.25) is 19.6 Å². The Hall–Kier alpha value is -2.76. The first-order valence-electron chi connectivity index (χ1n) is 6.96. The fourth-order valence-corrected chi connectivity index (χ4v) is 2.62. The van der Waals surface area contributed by atoms with Crippen LogP contribution in [0.1, 0.15) is 30.4 Å². The van der Waals surface area contributed by atoms with E-state index in [-0.39, 0.29) is 6.42 Å². The number of primary amides is 2. The molecule has 2 aromatic heterocycles. The maximum atomic E-state index is 12.3. The topological polar surface area (TPSA) is 112 Å². The second kappa shape index (κ2) is 6.80. The van der Waals surface area contributed by atoms with Gasteiger partial charge in [0, 0.05) is 31.2 Å². The van der Waals surface area contributed by atoms with E-state index in [9.17, 15) is 9.59 Å². The second-order valence-electron chi connectivity index (χ2n) is 5.07. The van der Waals surface area contributed by atoms with Crippen LogP contribution in [0, 0.1) is 0 Å². The molecular formula is C16H18N4O2. The summed E-state index contributed by atoms with van der Waals surface area (Å²) in [5.74, 6) is -0.909. The molecule has 6 nitrogen and oxygen atoms in total. The summed E-state index contributed by atoms with van der Waals surface area (Å²) in [5.41, 5.74) is 11.2. The Balaban J connectivity index is 2.50. The standard InChI is InChI=1S/C16H18N4O2/c17-14(21)6-1-7-16(15(18)22,12-4-2-8-19-10-12)13-5-3-9-20-11-13/h2-5,8-11H,1,6-7H2,(H2,17,21)(H2,18,22). The molecule has 4 N–H and O–H groups in total. The molecule has 2 amide bonds. The van der Waals surface area contributed by atoms with E-state index < -0.39 is 17.2 Å². The van der Waals surface area contributed by atoms with Gasteiger partial charge in [0.15, 0.2) is 0 Å². The van der Waals surface area contributed by atoms with Crippen molar-refractivity contribution in [1.29, 1.82) is 0 Å². The van der Waals surface area contributed by atoms with Crippen molar-refractivity contribution >= 4 is 11.8 Å². The molecule has 6 heteroatoms. The van der Waals surface area contributed by atoms with Gasteiger partial charge in [-0.2, -0.15) is 0 Å². The minimum atomic E-state index is -1.07. The van der Waals surface area contributed by atoms with Crippen molar-refractivity contribution in [3.63, 3.8) is 0 Å². The minimum Gasteiger partial charge on any atom is -0.370 e. The van der Waals surface area contributed by atoms with Gasteiger partial charge in [-0.15, -0.1) is 0 Å². The molecule has 0 aliphatic heterocycles. The minimum absolute atomic E-state index is 0.190. The molecule has 0 aliphatic carbocycles. The van der Waals surface area contributed by atoms with E-state index in [0.29, 0.717) is 24.0 Å². The predicted octanol–water partition coefficient (Wildman–Crippen LogP) is 0.904. The van der Waals surface area contributed by atoms with Crippen molar-refractivity contribution in [2.75, 3.05) is 0 Å². The smallest absolute Gasteiger partial charge is 0.232 e. The van der Waals surface area contributed by atoms with E-state index in [1.807, 2.05) is 0 Å². The molecule has 0 aliphatic rings. The van der Waals surface area contributed by atoms with Crippen molar-refractivity contribution in [3.8, 4) is 0 Å². The summed E-state index contributed by atoms with van der Waals surface area (Å²) in [6, 6.07) is 7.10. The number of carbonyl (C=O) groups is 2. The fourth-order valence-electron chi connectivity index (χ4n) is 2.62. The molecule has 0 radical (unpaired) electrons. The molecular weight excluding hydrogens is 280 g/mol. The third-order valence-corrected chi connectivity index (χ3v) is 3.70. The average Bonchev–Trinajstić information content (AvgIpc) is 2.53. The second-order valence-corrected chi connectivity index (χ2v) is 5.07. The molecule has 0 spiro atoms. The summed E-state index contributed by atoms with van der Waals surface area (Å²) < 4.78 is 0. The summed E-state index contributed by atoms with van der Waals surface area (Å²) in [4.78, 5) is 31.5. The molecule has 2 heterocycles. The zero-order chi connectivity index (χ0) is 16.0. The van der Waals surface area contributed by atoms with Crippen LogP contribution in [0.25, 0.3) is 0 Å². The van der Waals surface area contributed by atoms with Gasteiger partial charge in [-0.05, 0) is 36.1 Å². The SMILES string of the molecule is NC(=O)CCCC(C(N)=O)(c1cccnc1)c1cccnc1. The van der Waals surface area contributed by atoms with Crippen LogP contribution in [0.15, 0.2) is 49.1 Å². The quantitative estimate of drug-likeness (QED) is 0.790. The maximum absolute atomic E-state index is 12.3. The van der Waals surface area contributed by atoms with Crippen LogP contribution in [0.3, 0.4) is 0 Å². The Labute approximate surface area is 128 Å². The van der Waals surface area contributed by atoms with E-state index >= 15 is 0 Å². The lowest BCUT2D eigenvalue weighted by molar-refractivity contribution is -0.123. The number of pyridine rings is 2. The number of carbonyl (C=O) groups excluding carboxylic acids is 2. The first-order chi connectivity index (χ1) is 10.6. The lowest BCUT2D eigenvalue weighted by Gasteiger charge is -2.31. The highest BCUT2D eigenvalue weighted by Gasteiger charge is 2.40. The van der Waals surface area contributed by atoms with Gasteiger partial charge in [0.25, 0.3) is 0 Å². The average molecular weight is 298 g/mol. The molecule has 114 valence electrons. The molecule has 0 aromatic carbocycles. The number of nitrogens with two attached hydrogens (primary N) is 2. The summed E-state index contributed by atoms with van der Waals surface area (Å²) in [7, 11) is 0. The molecule has 0 unspecified atom stereocenters. The third kappa shape index (κ3) is 3.11. The Kier molecular flexibility index (Phi) is 4.83. The van der Waals surface area contributed by atoms with Gasteiger partial charge in [0.2, 0.25) is 11.8 Å². The zero-order valence-corrected chi connectivity index (χ0v) is 12.1. The monoisotopic (exact) mass is 298 g/mol. The Morgan fingerprint density at radius 1 is 1.00 bits per heavy atom. The molecule has 0 atom stereocenters. The highest BCUT2D eigenvalue weighted by Crippen LogP contribution is 2.36. The van der Waals surface area contributed by atoms with E-state index in [4.69, 9.17) is 11.5 Å². The van der Waals surface area contributed by atoms with Crippen LogP contribution in [0.2, 0.25) is 0 Å². The molecule has 0 saturated heterocycles. The van der Waals surface area contributed by atoms with Crippen molar-refractivity contribution in [1.82, 2.24) is 9.97 Å². The zero-order valence-electron chi connectivity index (χ0n) is 12.1. The molecule has 0 bridgehead atoms. The van der Waals surface area contributed by atoms with E-state index in [1.165, 1.54) is 0 Å². The van der Waals surface area contributed by atoms with Crippen LogP contribution >= 0.6 is 0 Å². The van der Waals surface area contributed by atoms with Crippen LogP contribution in [-0.4, -0.2) is 21.8 Å². The molecule has 0 fully saturated rings. The van der Waals surface area contributed by atoms with Crippen molar-refractivity contribution in [3.05, 3.63) is 60.2 Å². The summed E-state index contributed by atoms with van der Waals surface area (Å²) in [6.07, 6.45) is 7.48. The van der Waals surface area contributed by atoms with E-state index in [2.05, 4.69) is 9.97 Å². The van der Waals surface area contributed by atoms with Crippen LogP contribution in [-0.2, 0) is 15.0 Å². The van der Waals surface area contributed by atoms with E-state index in [1.54, 1.807) is 49.1 Å². The highest BCUT2D eigenvalue weighted by atomic mass is 16.1. The largest absolute Gasteiger partial charge is 0.370 e. The number of rotatable bonds is 7. The summed E-state index contributed by atoms with van der Waals surface area (Å²) in [6.45, 7) is 0. The van der Waals surface area contributed by atoms with Gasteiger partial charge in [-0.25, -0.2) is 0 Å². The normalized spacial score (nSPS) is 11.1. The van der Waals surface area contributed by atoms with Crippen molar-refractivity contribution in [2.45, 2.75) is 24.7 Å². The lowest BCUT2D eigenvalue weighted by atomic mass is 9.71.